The average Bonchev–Trinajstić information content (AvgIpc) is 2.74. The molecular formula is C22H20ClN3O. The Morgan fingerprint density at radius 2 is 1.96 bits per heavy atom. The number of halogens is 1. The quantitative estimate of drug-likeness (QED) is 0.657. The number of likely N-dealkylation sites (tertiary alicyclic amines) is 1. The third-order valence-electron chi connectivity index (χ3n) is 4.90. The van der Waals surface area contributed by atoms with Crippen molar-refractivity contribution in [2.24, 2.45) is 0 Å². The van der Waals surface area contributed by atoms with Gasteiger partial charge in [-0.05, 0) is 49.2 Å². The SMILES string of the molecule is O=C(c1ccccn1)N1CCCC(c2cccc(-c3cccc(Cl)c3)n2)C1. The summed E-state index contributed by atoms with van der Waals surface area (Å²) in [6, 6.07) is 19.2. The van der Waals surface area contributed by atoms with Crippen LogP contribution in [-0.4, -0.2) is 33.9 Å². The van der Waals surface area contributed by atoms with Crippen molar-refractivity contribution in [3.8, 4) is 11.3 Å². The first-order valence-electron chi connectivity index (χ1n) is 9.14. The molecule has 0 bridgehead atoms. The lowest BCUT2D eigenvalue weighted by Gasteiger charge is -2.32. The molecule has 0 aliphatic carbocycles. The van der Waals surface area contributed by atoms with Crippen molar-refractivity contribution in [1.29, 1.82) is 0 Å². The molecule has 1 unspecified atom stereocenters. The Morgan fingerprint density at radius 1 is 1.07 bits per heavy atom. The molecule has 1 aromatic carbocycles. The summed E-state index contributed by atoms with van der Waals surface area (Å²) in [4.78, 5) is 23.7. The number of piperidine rings is 1. The van der Waals surface area contributed by atoms with Gasteiger partial charge in [0.25, 0.3) is 5.91 Å². The van der Waals surface area contributed by atoms with E-state index in [4.69, 9.17) is 16.6 Å². The summed E-state index contributed by atoms with van der Waals surface area (Å²) in [6.45, 7) is 1.43. The minimum atomic E-state index is -0.00806. The van der Waals surface area contributed by atoms with Gasteiger partial charge < -0.3 is 4.90 Å². The number of hydrogen-bond donors (Lipinski definition) is 0. The van der Waals surface area contributed by atoms with Crippen LogP contribution in [0.2, 0.25) is 5.02 Å². The van der Waals surface area contributed by atoms with Gasteiger partial charge in [-0.3, -0.25) is 14.8 Å². The van der Waals surface area contributed by atoms with Gasteiger partial charge in [0.05, 0.1) is 5.69 Å². The molecule has 0 radical (unpaired) electrons. The number of carbonyl (C=O) groups is 1. The van der Waals surface area contributed by atoms with E-state index >= 15 is 0 Å². The largest absolute Gasteiger partial charge is 0.337 e. The maximum absolute atomic E-state index is 12.7. The number of amides is 1. The van der Waals surface area contributed by atoms with E-state index in [-0.39, 0.29) is 11.8 Å². The molecule has 1 aliphatic rings. The summed E-state index contributed by atoms with van der Waals surface area (Å²) < 4.78 is 0. The molecule has 1 saturated heterocycles. The minimum absolute atomic E-state index is 0.00806. The van der Waals surface area contributed by atoms with Gasteiger partial charge in [-0.2, -0.15) is 0 Å². The van der Waals surface area contributed by atoms with Crippen LogP contribution in [0.4, 0.5) is 0 Å². The Balaban J connectivity index is 1.55. The number of rotatable bonds is 3. The van der Waals surface area contributed by atoms with Crippen LogP contribution in [0.3, 0.4) is 0 Å². The molecule has 2 aromatic heterocycles. The normalized spacial score (nSPS) is 16.9. The number of benzene rings is 1. The van der Waals surface area contributed by atoms with E-state index in [1.807, 2.05) is 59.5 Å². The molecule has 1 amide bonds. The van der Waals surface area contributed by atoms with Crippen LogP contribution in [0.5, 0.6) is 0 Å². The molecule has 3 heterocycles. The Morgan fingerprint density at radius 3 is 2.78 bits per heavy atom. The van der Waals surface area contributed by atoms with Crippen molar-refractivity contribution in [2.45, 2.75) is 18.8 Å². The smallest absolute Gasteiger partial charge is 0.272 e. The monoisotopic (exact) mass is 377 g/mol. The molecule has 0 N–H and O–H groups in total. The highest BCUT2D eigenvalue weighted by molar-refractivity contribution is 6.30. The van der Waals surface area contributed by atoms with Gasteiger partial charge in [0.1, 0.15) is 5.69 Å². The molecule has 1 fully saturated rings. The van der Waals surface area contributed by atoms with Crippen LogP contribution < -0.4 is 0 Å². The van der Waals surface area contributed by atoms with Gasteiger partial charge in [-0.15, -0.1) is 0 Å². The first-order chi connectivity index (χ1) is 13.2. The highest BCUT2D eigenvalue weighted by Gasteiger charge is 2.27. The van der Waals surface area contributed by atoms with E-state index in [2.05, 4.69) is 4.98 Å². The fourth-order valence-electron chi connectivity index (χ4n) is 3.54. The predicted molar refractivity (Wildman–Crippen MR) is 107 cm³/mol. The number of nitrogens with zero attached hydrogens (tertiary/aromatic N) is 3. The Labute approximate surface area is 163 Å². The molecule has 1 aliphatic heterocycles. The van der Waals surface area contributed by atoms with Crippen LogP contribution in [0.25, 0.3) is 11.3 Å². The van der Waals surface area contributed by atoms with Crippen molar-refractivity contribution in [2.75, 3.05) is 13.1 Å². The second kappa shape index (κ2) is 7.89. The van der Waals surface area contributed by atoms with Crippen molar-refractivity contribution < 1.29 is 4.79 Å². The molecular weight excluding hydrogens is 358 g/mol. The zero-order valence-corrected chi connectivity index (χ0v) is 15.6. The van der Waals surface area contributed by atoms with Gasteiger partial charge in [0.2, 0.25) is 0 Å². The summed E-state index contributed by atoms with van der Waals surface area (Å²) in [5.74, 6) is 0.219. The number of hydrogen-bond acceptors (Lipinski definition) is 3. The molecule has 1 atom stereocenters. The maximum atomic E-state index is 12.7. The Hall–Kier alpha value is -2.72. The number of aromatic nitrogens is 2. The van der Waals surface area contributed by atoms with Gasteiger partial charge in [-0.25, -0.2) is 0 Å². The van der Waals surface area contributed by atoms with Crippen molar-refractivity contribution in [3.05, 3.63) is 83.3 Å². The van der Waals surface area contributed by atoms with Crippen molar-refractivity contribution in [1.82, 2.24) is 14.9 Å². The fourth-order valence-corrected chi connectivity index (χ4v) is 3.73. The first-order valence-corrected chi connectivity index (χ1v) is 9.52. The third-order valence-corrected chi connectivity index (χ3v) is 5.14. The molecule has 0 spiro atoms. The van der Waals surface area contributed by atoms with E-state index in [0.29, 0.717) is 17.3 Å². The number of carbonyl (C=O) groups excluding carboxylic acids is 1. The molecule has 136 valence electrons. The standard InChI is InChI=1S/C22H20ClN3O/c23-18-8-3-6-16(14-18)19-10-4-11-20(25-19)17-7-5-13-26(15-17)22(27)21-9-1-2-12-24-21/h1-4,6,8-12,14,17H,5,7,13,15H2. The molecule has 5 heteroatoms. The summed E-state index contributed by atoms with van der Waals surface area (Å²) in [6.07, 6.45) is 3.65. The lowest BCUT2D eigenvalue weighted by atomic mass is 9.93. The lowest BCUT2D eigenvalue weighted by Crippen LogP contribution is -2.39. The summed E-state index contributed by atoms with van der Waals surface area (Å²) in [7, 11) is 0. The zero-order valence-electron chi connectivity index (χ0n) is 14.9. The lowest BCUT2D eigenvalue weighted by molar-refractivity contribution is 0.0700. The van der Waals surface area contributed by atoms with Gasteiger partial charge in [0, 0.05) is 41.5 Å². The van der Waals surface area contributed by atoms with Gasteiger partial charge in [0.15, 0.2) is 0 Å². The van der Waals surface area contributed by atoms with E-state index in [0.717, 1.165) is 36.3 Å². The van der Waals surface area contributed by atoms with Crippen LogP contribution >= 0.6 is 11.6 Å². The minimum Gasteiger partial charge on any atom is -0.337 e. The maximum Gasteiger partial charge on any atom is 0.272 e. The highest BCUT2D eigenvalue weighted by atomic mass is 35.5. The zero-order chi connectivity index (χ0) is 18.6. The van der Waals surface area contributed by atoms with Crippen molar-refractivity contribution in [3.63, 3.8) is 0 Å². The fraction of sp³-hybridized carbons (Fsp3) is 0.227. The van der Waals surface area contributed by atoms with E-state index in [9.17, 15) is 4.79 Å². The third kappa shape index (κ3) is 4.01. The molecule has 4 rings (SSSR count). The van der Waals surface area contributed by atoms with E-state index in [1.165, 1.54) is 0 Å². The molecule has 0 saturated carbocycles. The highest BCUT2D eigenvalue weighted by Crippen LogP contribution is 2.29. The van der Waals surface area contributed by atoms with Crippen LogP contribution in [0.15, 0.2) is 66.9 Å². The first kappa shape index (κ1) is 17.7. The molecule has 4 nitrogen and oxygen atoms in total. The predicted octanol–water partition coefficient (Wildman–Crippen LogP) is 4.82. The van der Waals surface area contributed by atoms with Crippen molar-refractivity contribution >= 4 is 17.5 Å². The second-order valence-corrected chi connectivity index (χ2v) is 7.20. The van der Waals surface area contributed by atoms with Gasteiger partial charge in [-0.1, -0.05) is 35.9 Å². The molecule has 27 heavy (non-hydrogen) atoms. The second-order valence-electron chi connectivity index (χ2n) is 6.76. The summed E-state index contributed by atoms with van der Waals surface area (Å²) in [5.41, 5.74) is 3.43. The number of pyridine rings is 2. The van der Waals surface area contributed by atoms with Crippen LogP contribution in [0, 0.1) is 0 Å². The Bertz CT molecular complexity index is 945. The van der Waals surface area contributed by atoms with E-state index in [1.54, 1.807) is 12.3 Å². The Kier molecular flexibility index (Phi) is 5.16. The topological polar surface area (TPSA) is 46.1 Å². The molecule has 3 aromatic rings. The van der Waals surface area contributed by atoms with E-state index < -0.39 is 0 Å². The van der Waals surface area contributed by atoms with Crippen LogP contribution in [0.1, 0.15) is 34.9 Å². The average molecular weight is 378 g/mol. The van der Waals surface area contributed by atoms with Crippen LogP contribution in [-0.2, 0) is 0 Å². The summed E-state index contributed by atoms with van der Waals surface area (Å²) in [5, 5.41) is 0.699. The summed E-state index contributed by atoms with van der Waals surface area (Å²) >= 11 is 6.12. The van der Waals surface area contributed by atoms with Gasteiger partial charge >= 0.3 is 0 Å².